The number of methoxy groups -OCH3 is 2. The van der Waals surface area contributed by atoms with Gasteiger partial charge in [0.2, 0.25) is 0 Å². The first kappa shape index (κ1) is 29.7. The maximum absolute atomic E-state index is 15.3. The van der Waals surface area contributed by atoms with Crippen LogP contribution in [0.4, 0.5) is 10.1 Å². The third-order valence-corrected chi connectivity index (χ3v) is 6.60. The van der Waals surface area contributed by atoms with E-state index in [4.69, 9.17) is 18.5 Å². The lowest BCUT2D eigenvalue weighted by molar-refractivity contribution is 0.220. The topological polar surface area (TPSA) is 64.5 Å². The van der Waals surface area contributed by atoms with Gasteiger partial charge in [-0.3, -0.25) is 9.30 Å². The number of anilines is 1. The second kappa shape index (κ2) is 15.5. The van der Waals surface area contributed by atoms with E-state index < -0.39 is 5.82 Å². The minimum atomic E-state index is -0.526. The Morgan fingerprint density at radius 1 is 0.902 bits per heavy atom. The first-order valence-corrected chi connectivity index (χ1v) is 13.6. The zero-order valence-electron chi connectivity index (χ0n) is 23.1. The number of aliphatic imine (C=N–C) groups is 1. The minimum Gasteiger partial charge on any atom is -0.493 e. The maximum Gasteiger partial charge on any atom is 0.167 e. The lowest BCUT2D eigenvalue weighted by Gasteiger charge is -2.22. The van der Waals surface area contributed by atoms with Crippen LogP contribution in [-0.4, -0.2) is 19.9 Å². The maximum atomic E-state index is 15.3. The predicted octanol–water partition coefficient (Wildman–Crippen LogP) is 7.43. The van der Waals surface area contributed by atoms with Gasteiger partial charge in [-0.2, -0.15) is 5.48 Å². The van der Waals surface area contributed by atoms with Crippen LogP contribution in [-0.2, 0) is 26.8 Å². The number of ether oxygens (including phenoxy) is 3. The van der Waals surface area contributed by atoms with Crippen molar-refractivity contribution in [1.82, 2.24) is 5.48 Å². The molecule has 7 nitrogen and oxygen atoms in total. The van der Waals surface area contributed by atoms with Crippen LogP contribution in [0.15, 0.2) is 132 Å². The van der Waals surface area contributed by atoms with Crippen molar-refractivity contribution >= 4 is 23.6 Å². The van der Waals surface area contributed by atoms with Crippen molar-refractivity contribution in [2.45, 2.75) is 20.0 Å². The van der Waals surface area contributed by atoms with Crippen molar-refractivity contribution in [3.05, 3.63) is 144 Å². The van der Waals surface area contributed by atoms with Crippen molar-refractivity contribution in [2.75, 3.05) is 18.5 Å². The van der Waals surface area contributed by atoms with Gasteiger partial charge in [0.25, 0.3) is 0 Å². The van der Waals surface area contributed by atoms with Crippen LogP contribution in [0, 0.1) is 5.82 Å². The van der Waals surface area contributed by atoms with Gasteiger partial charge in [0.15, 0.2) is 23.1 Å². The fourth-order valence-electron chi connectivity index (χ4n) is 3.80. The van der Waals surface area contributed by atoms with E-state index in [9.17, 15) is 0 Å². The SMILES string of the molecule is C\C=C/N=C1/C=C(OC)C(OC)=C/C1=C\Oc1ccc(N(Cc2ccccc2)SONCc2ccccc2)cc1F. The lowest BCUT2D eigenvalue weighted by Crippen LogP contribution is -2.19. The number of hydrogen-bond donors (Lipinski definition) is 1. The molecule has 41 heavy (non-hydrogen) atoms. The molecule has 1 N–H and O–H groups in total. The normalized spacial score (nSPS) is 15.1. The van der Waals surface area contributed by atoms with Crippen molar-refractivity contribution in [3.8, 4) is 5.75 Å². The standard InChI is InChI=1S/C32H32FN3O4S/c1-4-17-34-29-20-32(38-3)31(37-2)18-26(29)23-39-30-16-15-27(19-28(30)33)36(22-25-13-9-6-10-14-25)41-40-35-21-24-11-7-5-8-12-24/h4-20,23,35H,21-22H2,1-3H3/b17-4-,26-23+,34-29-. The Morgan fingerprint density at radius 2 is 1.59 bits per heavy atom. The highest BCUT2D eigenvalue weighted by molar-refractivity contribution is 7.96. The van der Waals surface area contributed by atoms with Crippen molar-refractivity contribution < 1.29 is 22.9 Å². The number of hydrogen-bond acceptors (Lipinski definition) is 8. The van der Waals surface area contributed by atoms with E-state index in [0.29, 0.717) is 41.6 Å². The number of nitrogens with zero attached hydrogens (tertiary/aromatic N) is 2. The predicted molar refractivity (Wildman–Crippen MR) is 162 cm³/mol. The number of halogens is 1. The van der Waals surface area contributed by atoms with Gasteiger partial charge in [-0.25, -0.2) is 8.67 Å². The Labute approximate surface area is 244 Å². The number of benzene rings is 3. The Balaban J connectivity index is 1.50. The molecule has 0 spiro atoms. The van der Waals surface area contributed by atoms with Gasteiger partial charge in [-0.1, -0.05) is 66.7 Å². The number of allylic oxidation sites excluding steroid dienone is 4. The summed E-state index contributed by atoms with van der Waals surface area (Å²) in [7, 11) is 3.10. The van der Waals surface area contributed by atoms with E-state index in [2.05, 4.69) is 10.5 Å². The summed E-state index contributed by atoms with van der Waals surface area (Å²) in [5, 5.41) is 0. The molecule has 0 amide bonds. The van der Waals surface area contributed by atoms with Crippen molar-refractivity contribution in [1.29, 1.82) is 0 Å². The highest BCUT2D eigenvalue weighted by Crippen LogP contribution is 2.30. The molecular weight excluding hydrogens is 541 g/mol. The molecule has 9 heteroatoms. The van der Waals surface area contributed by atoms with Crippen LogP contribution < -0.4 is 14.5 Å². The Hall–Kier alpha value is -4.31. The molecule has 1 aliphatic carbocycles. The van der Waals surface area contributed by atoms with Crippen molar-refractivity contribution in [3.63, 3.8) is 0 Å². The molecule has 0 saturated heterocycles. The first-order chi connectivity index (χ1) is 20.1. The van der Waals surface area contributed by atoms with Crippen molar-refractivity contribution in [2.24, 2.45) is 4.99 Å². The Morgan fingerprint density at radius 3 is 2.24 bits per heavy atom. The van der Waals surface area contributed by atoms with Gasteiger partial charge < -0.3 is 14.2 Å². The zero-order valence-corrected chi connectivity index (χ0v) is 23.9. The van der Waals surface area contributed by atoms with Gasteiger partial charge in [0, 0.05) is 30.5 Å². The Bertz CT molecular complexity index is 1440. The van der Waals surface area contributed by atoms with E-state index in [1.54, 1.807) is 50.8 Å². The summed E-state index contributed by atoms with van der Waals surface area (Å²) < 4.78 is 39.4. The molecule has 0 fully saturated rings. The average Bonchev–Trinajstić information content (AvgIpc) is 3.01. The third-order valence-electron chi connectivity index (χ3n) is 5.89. The first-order valence-electron chi connectivity index (χ1n) is 12.9. The molecule has 4 rings (SSSR count). The van der Waals surface area contributed by atoms with E-state index in [0.717, 1.165) is 23.4 Å². The van der Waals surface area contributed by atoms with Crippen LogP contribution in [0.5, 0.6) is 5.75 Å². The molecule has 1 aliphatic rings. The number of hydroxylamine groups is 1. The number of rotatable bonds is 13. The van der Waals surface area contributed by atoms with Crippen LogP contribution >= 0.6 is 12.2 Å². The molecular formula is C32H32FN3O4S. The lowest BCUT2D eigenvalue weighted by atomic mass is 10.0. The second-order valence-corrected chi connectivity index (χ2v) is 9.47. The summed E-state index contributed by atoms with van der Waals surface area (Å²) in [6, 6.07) is 24.6. The summed E-state index contributed by atoms with van der Waals surface area (Å²) >= 11 is 1.09. The smallest absolute Gasteiger partial charge is 0.167 e. The molecule has 0 unspecified atom stereocenters. The van der Waals surface area contributed by atoms with E-state index in [1.807, 2.05) is 71.9 Å². The highest BCUT2D eigenvalue weighted by Gasteiger charge is 2.19. The van der Waals surface area contributed by atoms with Gasteiger partial charge >= 0.3 is 0 Å². The molecule has 0 atom stereocenters. The zero-order chi connectivity index (χ0) is 28.9. The van der Waals surface area contributed by atoms with Gasteiger partial charge in [0.1, 0.15) is 18.5 Å². The molecule has 0 heterocycles. The molecule has 0 radical (unpaired) electrons. The van der Waals surface area contributed by atoms with Gasteiger partial charge in [-0.05, 0) is 36.3 Å². The molecule has 0 aromatic heterocycles. The summed E-state index contributed by atoms with van der Waals surface area (Å²) in [6.07, 6.45) is 8.36. The van der Waals surface area contributed by atoms with Gasteiger partial charge in [0.05, 0.1) is 32.2 Å². The minimum absolute atomic E-state index is 0.0632. The summed E-state index contributed by atoms with van der Waals surface area (Å²) in [5.41, 5.74) is 6.89. The quantitative estimate of drug-likeness (QED) is 0.0750. The molecule has 0 saturated carbocycles. The van der Waals surface area contributed by atoms with E-state index in [-0.39, 0.29) is 5.75 Å². The Kier molecular flexibility index (Phi) is 11.2. The molecule has 3 aromatic carbocycles. The average molecular weight is 574 g/mol. The van der Waals surface area contributed by atoms with Crippen LogP contribution in [0.25, 0.3) is 0 Å². The fraction of sp³-hybridized carbons (Fsp3) is 0.156. The fourth-order valence-corrected chi connectivity index (χ4v) is 4.41. The summed E-state index contributed by atoms with van der Waals surface area (Å²) in [4.78, 5) is 4.43. The summed E-state index contributed by atoms with van der Waals surface area (Å²) in [5.74, 6) is 0.572. The van der Waals surface area contributed by atoms with Crippen LogP contribution in [0.1, 0.15) is 18.1 Å². The third kappa shape index (κ3) is 8.59. The van der Waals surface area contributed by atoms with E-state index in [1.165, 1.54) is 12.3 Å². The highest BCUT2D eigenvalue weighted by atomic mass is 32.2. The van der Waals surface area contributed by atoms with Crippen LogP contribution in [0.2, 0.25) is 0 Å². The van der Waals surface area contributed by atoms with E-state index >= 15 is 4.39 Å². The van der Waals surface area contributed by atoms with Crippen LogP contribution in [0.3, 0.4) is 0 Å². The molecule has 212 valence electrons. The number of nitrogens with one attached hydrogen (secondary N) is 1. The monoisotopic (exact) mass is 573 g/mol. The van der Waals surface area contributed by atoms with Gasteiger partial charge in [-0.15, -0.1) is 0 Å². The largest absolute Gasteiger partial charge is 0.493 e. The molecule has 0 bridgehead atoms. The molecule has 0 aliphatic heterocycles. The molecule has 3 aromatic rings. The summed E-state index contributed by atoms with van der Waals surface area (Å²) in [6.45, 7) is 2.89. The second-order valence-electron chi connectivity index (χ2n) is 8.71.